The summed E-state index contributed by atoms with van der Waals surface area (Å²) in [5.74, 6) is 3.02. The summed E-state index contributed by atoms with van der Waals surface area (Å²) in [6.45, 7) is 3.08. The van der Waals surface area contributed by atoms with Gasteiger partial charge in [-0.2, -0.15) is 0 Å². The fourth-order valence-electron chi connectivity index (χ4n) is 3.89. The van der Waals surface area contributed by atoms with Crippen molar-refractivity contribution >= 4 is 5.91 Å². The van der Waals surface area contributed by atoms with E-state index in [1.807, 2.05) is 85.8 Å². The van der Waals surface area contributed by atoms with E-state index in [0.717, 1.165) is 16.9 Å². The maximum atomic E-state index is 13.1. The van der Waals surface area contributed by atoms with E-state index in [-0.39, 0.29) is 18.9 Å². The molecule has 7 nitrogen and oxygen atoms in total. The van der Waals surface area contributed by atoms with Gasteiger partial charge in [0.1, 0.15) is 31.3 Å². The first kappa shape index (κ1) is 22.5. The molecule has 1 N–H and O–H groups in total. The Kier molecular flexibility index (Phi) is 6.66. The third kappa shape index (κ3) is 5.46. The molecule has 2 heterocycles. The number of para-hydroxylation sites is 1. The highest BCUT2D eigenvalue weighted by Crippen LogP contribution is 2.33. The van der Waals surface area contributed by atoms with Gasteiger partial charge in [-0.15, -0.1) is 0 Å². The molecule has 3 aromatic carbocycles. The second-order valence-electron chi connectivity index (χ2n) is 8.21. The van der Waals surface area contributed by atoms with Gasteiger partial charge in [0.2, 0.25) is 11.8 Å². The first-order valence-electron chi connectivity index (χ1n) is 11.5. The van der Waals surface area contributed by atoms with Crippen molar-refractivity contribution in [1.29, 1.82) is 0 Å². The molecule has 0 spiro atoms. The molecule has 1 atom stereocenters. The number of aryl methyl sites for hydroxylation is 1. The Balaban J connectivity index is 1.33. The molecule has 0 aliphatic carbocycles. The monoisotopic (exact) mass is 470 g/mol. The lowest BCUT2D eigenvalue weighted by atomic mass is 10.1. The van der Waals surface area contributed by atoms with Crippen LogP contribution in [0.15, 0.2) is 83.3 Å². The Morgan fingerprint density at radius 2 is 1.69 bits per heavy atom. The van der Waals surface area contributed by atoms with E-state index in [1.165, 1.54) is 0 Å². The Morgan fingerprint density at radius 1 is 0.971 bits per heavy atom. The van der Waals surface area contributed by atoms with Crippen LogP contribution in [0.3, 0.4) is 0 Å². The van der Waals surface area contributed by atoms with Crippen LogP contribution in [-0.2, 0) is 11.2 Å². The van der Waals surface area contributed by atoms with Crippen molar-refractivity contribution in [1.82, 2.24) is 10.3 Å². The molecule has 1 aliphatic heterocycles. The van der Waals surface area contributed by atoms with E-state index in [1.54, 1.807) is 0 Å². The summed E-state index contributed by atoms with van der Waals surface area (Å²) < 4.78 is 23.2. The number of hydrogen-bond donors (Lipinski definition) is 1. The summed E-state index contributed by atoms with van der Waals surface area (Å²) in [7, 11) is 0. The highest BCUT2D eigenvalue weighted by atomic mass is 16.6. The van der Waals surface area contributed by atoms with Gasteiger partial charge in [-0.1, -0.05) is 42.5 Å². The number of carbonyl (C=O) groups is 1. The van der Waals surface area contributed by atoms with Crippen LogP contribution in [0.5, 0.6) is 17.2 Å². The lowest BCUT2D eigenvalue weighted by Crippen LogP contribution is -2.33. The van der Waals surface area contributed by atoms with Gasteiger partial charge in [0.25, 0.3) is 0 Å². The highest BCUT2D eigenvalue weighted by Gasteiger charge is 2.22. The summed E-state index contributed by atoms with van der Waals surface area (Å²) >= 11 is 0. The average Bonchev–Trinajstić information content (AvgIpc) is 3.27. The topological polar surface area (TPSA) is 82.8 Å². The number of nitrogens with one attached hydrogen (secondary N) is 1. The number of amides is 1. The van der Waals surface area contributed by atoms with E-state index in [9.17, 15) is 4.79 Å². The molecule has 0 radical (unpaired) electrons. The number of oxazole rings is 1. The molecule has 35 heavy (non-hydrogen) atoms. The molecule has 7 heteroatoms. The van der Waals surface area contributed by atoms with Crippen molar-refractivity contribution in [2.45, 2.75) is 19.4 Å². The zero-order valence-corrected chi connectivity index (χ0v) is 19.4. The van der Waals surface area contributed by atoms with Crippen molar-refractivity contribution in [3.8, 4) is 28.7 Å². The Morgan fingerprint density at radius 3 is 2.46 bits per heavy atom. The standard InChI is InChI=1S/C28H26N2O5/c1-19-23(30-28(35-19)20-8-4-2-5-9-20)17-27(31)29-24(18-34-22-10-6-3-7-11-22)21-12-13-25-26(16-21)33-15-14-32-25/h2-13,16,24H,14-15,17-18H2,1H3,(H,29,31). The van der Waals surface area contributed by atoms with Crippen molar-refractivity contribution in [2.75, 3.05) is 19.8 Å². The molecule has 1 aromatic heterocycles. The maximum Gasteiger partial charge on any atom is 0.226 e. The first-order chi connectivity index (χ1) is 17.2. The number of carbonyl (C=O) groups excluding carboxylic acids is 1. The number of rotatable bonds is 8. The van der Waals surface area contributed by atoms with Gasteiger partial charge >= 0.3 is 0 Å². The summed E-state index contributed by atoms with van der Waals surface area (Å²) in [6.07, 6.45) is 0.0918. The van der Waals surface area contributed by atoms with Crippen LogP contribution in [0.25, 0.3) is 11.5 Å². The lowest BCUT2D eigenvalue weighted by Gasteiger charge is -2.23. The molecule has 1 aliphatic rings. The van der Waals surface area contributed by atoms with Crippen LogP contribution in [0, 0.1) is 6.92 Å². The minimum atomic E-state index is -0.403. The number of hydrogen-bond acceptors (Lipinski definition) is 6. The molecular formula is C28H26N2O5. The average molecular weight is 471 g/mol. The SMILES string of the molecule is Cc1oc(-c2ccccc2)nc1CC(=O)NC(COc1ccccc1)c1ccc2c(c1)OCCO2. The fraction of sp³-hybridized carbons (Fsp3) is 0.214. The normalized spacial score (nSPS) is 13.2. The van der Waals surface area contributed by atoms with Crippen LogP contribution in [-0.4, -0.2) is 30.7 Å². The summed E-state index contributed by atoms with van der Waals surface area (Å²) in [5, 5.41) is 3.09. The van der Waals surface area contributed by atoms with Gasteiger partial charge in [0.05, 0.1) is 18.2 Å². The van der Waals surface area contributed by atoms with Gasteiger partial charge in [-0.05, 0) is 48.9 Å². The second kappa shape index (κ2) is 10.3. The molecule has 1 unspecified atom stereocenters. The van der Waals surface area contributed by atoms with E-state index >= 15 is 0 Å². The van der Waals surface area contributed by atoms with Gasteiger partial charge in [-0.3, -0.25) is 4.79 Å². The predicted molar refractivity (Wildman–Crippen MR) is 131 cm³/mol. The van der Waals surface area contributed by atoms with Gasteiger partial charge in [0.15, 0.2) is 11.5 Å². The van der Waals surface area contributed by atoms with Crippen molar-refractivity contribution in [3.05, 3.63) is 95.9 Å². The molecule has 1 amide bonds. The minimum Gasteiger partial charge on any atom is -0.491 e. The van der Waals surface area contributed by atoms with Crippen LogP contribution >= 0.6 is 0 Å². The minimum absolute atomic E-state index is 0.0918. The zero-order valence-electron chi connectivity index (χ0n) is 19.4. The van der Waals surface area contributed by atoms with Gasteiger partial charge < -0.3 is 23.9 Å². The second-order valence-corrected chi connectivity index (χ2v) is 8.21. The predicted octanol–water partition coefficient (Wildman–Crippen LogP) is 4.90. The Bertz CT molecular complexity index is 1290. The fourth-order valence-corrected chi connectivity index (χ4v) is 3.89. The smallest absolute Gasteiger partial charge is 0.226 e. The molecule has 0 saturated carbocycles. The molecule has 178 valence electrons. The van der Waals surface area contributed by atoms with Crippen molar-refractivity contribution in [2.24, 2.45) is 0 Å². The van der Waals surface area contributed by atoms with Crippen molar-refractivity contribution in [3.63, 3.8) is 0 Å². The number of aromatic nitrogens is 1. The largest absolute Gasteiger partial charge is 0.491 e. The van der Waals surface area contributed by atoms with Crippen molar-refractivity contribution < 1.29 is 23.4 Å². The molecule has 4 aromatic rings. The van der Waals surface area contributed by atoms with Gasteiger partial charge in [-0.25, -0.2) is 4.98 Å². The first-order valence-corrected chi connectivity index (χ1v) is 11.5. The molecule has 0 saturated heterocycles. The van der Waals surface area contributed by atoms with Crippen LogP contribution < -0.4 is 19.5 Å². The van der Waals surface area contributed by atoms with Crippen LogP contribution in [0.4, 0.5) is 0 Å². The number of ether oxygens (including phenoxy) is 3. The third-order valence-corrected chi connectivity index (χ3v) is 5.71. The van der Waals surface area contributed by atoms with E-state index in [4.69, 9.17) is 18.6 Å². The van der Waals surface area contributed by atoms with Crippen LogP contribution in [0.2, 0.25) is 0 Å². The molecular weight excluding hydrogens is 444 g/mol. The summed E-state index contributed by atoms with van der Waals surface area (Å²) in [6, 6.07) is 24.4. The zero-order chi connectivity index (χ0) is 24.0. The van der Waals surface area contributed by atoms with E-state index < -0.39 is 6.04 Å². The third-order valence-electron chi connectivity index (χ3n) is 5.71. The maximum absolute atomic E-state index is 13.1. The Labute approximate surface area is 203 Å². The lowest BCUT2D eigenvalue weighted by molar-refractivity contribution is -0.121. The van der Waals surface area contributed by atoms with E-state index in [2.05, 4.69) is 10.3 Å². The van der Waals surface area contributed by atoms with Crippen LogP contribution in [0.1, 0.15) is 23.1 Å². The number of fused-ring (bicyclic) bond motifs is 1. The summed E-state index contributed by atoms with van der Waals surface area (Å²) in [5.41, 5.74) is 2.33. The van der Waals surface area contributed by atoms with E-state index in [0.29, 0.717) is 42.1 Å². The van der Waals surface area contributed by atoms with Gasteiger partial charge in [0, 0.05) is 5.56 Å². The molecule has 0 fully saturated rings. The number of benzene rings is 3. The summed E-state index contributed by atoms with van der Waals surface area (Å²) in [4.78, 5) is 17.6. The molecule has 5 rings (SSSR count). The molecule has 0 bridgehead atoms. The highest BCUT2D eigenvalue weighted by molar-refractivity contribution is 5.79. The quantitative estimate of drug-likeness (QED) is 0.394. The Hall–Kier alpha value is -4.26. The number of nitrogens with zero attached hydrogens (tertiary/aromatic N) is 1.